The van der Waals surface area contributed by atoms with Crippen molar-refractivity contribution in [1.29, 1.82) is 0 Å². The highest BCUT2D eigenvalue weighted by atomic mass is 32.1. The minimum Gasteiger partial charge on any atom is -0.497 e. The third-order valence-electron chi connectivity index (χ3n) is 2.70. The fourth-order valence-corrected chi connectivity index (χ4v) is 2.27. The summed E-state index contributed by atoms with van der Waals surface area (Å²) in [7, 11) is 1.67. The minimum atomic E-state index is -0.00343. The van der Waals surface area contributed by atoms with Gasteiger partial charge in [0.1, 0.15) is 11.6 Å². The minimum absolute atomic E-state index is 0.00343. The summed E-state index contributed by atoms with van der Waals surface area (Å²) in [6.45, 7) is 7.08. The molecule has 0 atom stereocenters. The van der Waals surface area contributed by atoms with Crippen molar-refractivity contribution in [1.82, 2.24) is 9.36 Å². The van der Waals surface area contributed by atoms with Crippen molar-refractivity contribution in [2.45, 2.75) is 32.7 Å². The van der Waals surface area contributed by atoms with Crippen LogP contribution < -0.4 is 10.1 Å². The van der Waals surface area contributed by atoms with E-state index in [1.807, 2.05) is 24.3 Å². The second-order valence-corrected chi connectivity index (χ2v) is 6.13. The average molecular weight is 277 g/mol. The Bertz CT molecular complexity index is 528. The molecule has 0 saturated heterocycles. The lowest BCUT2D eigenvalue weighted by molar-refractivity contribution is 0.414. The molecule has 0 spiro atoms. The fraction of sp³-hybridized carbons (Fsp3) is 0.429. The number of benzene rings is 1. The average Bonchev–Trinajstić information content (AvgIpc) is 2.86. The zero-order chi connectivity index (χ0) is 13.9. The molecular formula is C14H19N3OS. The van der Waals surface area contributed by atoms with Gasteiger partial charge in [-0.05, 0) is 17.7 Å². The summed E-state index contributed by atoms with van der Waals surface area (Å²) in [5.41, 5.74) is 1.18. The molecule has 0 amide bonds. The van der Waals surface area contributed by atoms with Crippen molar-refractivity contribution in [2.75, 3.05) is 12.4 Å². The summed E-state index contributed by atoms with van der Waals surface area (Å²) in [6.07, 6.45) is 0. The Labute approximate surface area is 118 Å². The van der Waals surface area contributed by atoms with Crippen LogP contribution in [0.4, 0.5) is 5.13 Å². The third kappa shape index (κ3) is 3.67. The quantitative estimate of drug-likeness (QED) is 0.929. The lowest BCUT2D eigenvalue weighted by atomic mass is 9.96. The summed E-state index contributed by atoms with van der Waals surface area (Å²) in [4.78, 5) is 4.50. The SMILES string of the molecule is COc1ccc(CNc2nc(C(C)(C)C)ns2)cc1. The van der Waals surface area contributed by atoms with Gasteiger partial charge in [0.2, 0.25) is 5.13 Å². The van der Waals surface area contributed by atoms with E-state index >= 15 is 0 Å². The predicted octanol–water partition coefficient (Wildman–Crippen LogP) is 3.46. The van der Waals surface area contributed by atoms with Gasteiger partial charge in [-0.1, -0.05) is 32.9 Å². The molecule has 0 radical (unpaired) electrons. The second-order valence-electron chi connectivity index (χ2n) is 5.37. The van der Waals surface area contributed by atoms with Gasteiger partial charge in [-0.25, -0.2) is 4.98 Å². The smallest absolute Gasteiger partial charge is 0.202 e. The molecule has 2 aromatic rings. The first-order chi connectivity index (χ1) is 8.99. The predicted molar refractivity (Wildman–Crippen MR) is 78.9 cm³/mol. The standard InChI is InChI=1S/C14H19N3OS/c1-14(2,3)12-16-13(19-17-12)15-9-10-5-7-11(18-4)8-6-10/h5-8H,9H2,1-4H3,(H,15,16,17). The monoisotopic (exact) mass is 277 g/mol. The molecule has 1 aromatic heterocycles. The van der Waals surface area contributed by atoms with Crippen LogP contribution in [0, 0.1) is 0 Å². The van der Waals surface area contributed by atoms with E-state index in [2.05, 4.69) is 35.4 Å². The Balaban J connectivity index is 1.96. The number of aromatic nitrogens is 2. The summed E-state index contributed by atoms with van der Waals surface area (Å²) < 4.78 is 9.51. The zero-order valence-corrected chi connectivity index (χ0v) is 12.5. The molecule has 0 bridgehead atoms. The topological polar surface area (TPSA) is 47.0 Å². The Hall–Kier alpha value is -1.62. The molecule has 2 rings (SSSR count). The van der Waals surface area contributed by atoms with Crippen LogP contribution in [-0.2, 0) is 12.0 Å². The fourth-order valence-electron chi connectivity index (χ4n) is 1.52. The first-order valence-corrected chi connectivity index (χ1v) is 6.97. The number of ether oxygens (including phenoxy) is 1. The Morgan fingerprint density at radius 1 is 1.21 bits per heavy atom. The largest absolute Gasteiger partial charge is 0.497 e. The highest BCUT2D eigenvalue weighted by Gasteiger charge is 2.19. The molecule has 1 N–H and O–H groups in total. The van der Waals surface area contributed by atoms with Gasteiger partial charge in [0.05, 0.1) is 7.11 Å². The first-order valence-electron chi connectivity index (χ1n) is 6.20. The van der Waals surface area contributed by atoms with Crippen molar-refractivity contribution < 1.29 is 4.74 Å². The molecule has 1 heterocycles. The van der Waals surface area contributed by atoms with Crippen LogP contribution in [0.3, 0.4) is 0 Å². The van der Waals surface area contributed by atoms with Gasteiger partial charge in [0, 0.05) is 23.5 Å². The van der Waals surface area contributed by atoms with Gasteiger partial charge in [-0.15, -0.1) is 0 Å². The molecule has 0 aliphatic heterocycles. The summed E-state index contributed by atoms with van der Waals surface area (Å²) >= 11 is 1.41. The highest BCUT2D eigenvalue weighted by molar-refractivity contribution is 7.09. The van der Waals surface area contributed by atoms with Crippen LogP contribution >= 0.6 is 11.5 Å². The molecular weight excluding hydrogens is 258 g/mol. The van der Waals surface area contributed by atoms with E-state index in [1.54, 1.807) is 7.11 Å². The van der Waals surface area contributed by atoms with Crippen molar-refractivity contribution in [3.8, 4) is 5.75 Å². The normalized spacial score (nSPS) is 11.4. The number of anilines is 1. The summed E-state index contributed by atoms with van der Waals surface area (Å²) in [6, 6.07) is 7.99. The first kappa shape index (κ1) is 13.8. The Morgan fingerprint density at radius 3 is 2.42 bits per heavy atom. The van der Waals surface area contributed by atoms with Crippen LogP contribution in [0.5, 0.6) is 5.75 Å². The Kier molecular flexibility index (Phi) is 4.04. The van der Waals surface area contributed by atoms with E-state index < -0.39 is 0 Å². The number of nitrogens with one attached hydrogen (secondary N) is 1. The second kappa shape index (κ2) is 5.57. The number of nitrogens with zero attached hydrogens (tertiary/aromatic N) is 2. The maximum Gasteiger partial charge on any atom is 0.202 e. The zero-order valence-electron chi connectivity index (χ0n) is 11.7. The van der Waals surface area contributed by atoms with E-state index in [-0.39, 0.29) is 5.41 Å². The van der Waals surface area contributed by atoms with Gasteiger partial charge >= 0.3 is 0 Å². The molecule has 0 aliphatic carbocycles. The molecule has 0 fully saturated rings. The molecule has 19 heavy (non-hydrogen) atoms. The number of methoxy groups -OCH3 is 1. The van der Waals surface area contributed by atoms with Crippen molar-refractivity contribution in [3.63, 3.8) is 0 Å². The van der Waals surface area contributed by atoms with Gasteiger partial charge in [0.25, 0.3) is 0 Å². The number of hydrogen-bond donors (Lipinski definition) is 1. The molecule has 0 aliphatic rings. The third-order valence-corrected chi connectivity index (χ3v) is 3.37. The molecule has 5 heteroatoms. The lowest BCUT2D eigenvalue weighted by Crippen LogP contribution is -2.13. The van der Waals surface area contributed by atoms with Gasteiger partial charge < -0.3 is 10.1 Å². The van der Waals surface area contributed by atoms with Crippen molar-refractivity contribution >= 4 is 16.7 Å². The van der Waals surface area contributed by atoms with E-state index in [4.69, 9.17) is 4.74 Å². The van der Waals surface area contributed by atoms with Gasteiger partial charge in [-0.2, -0.15) is 4.37 Å². The maximum absolute atomic E-state index is 5.13. The summed E-state index contributed by atoms with van der Waals surface area (Å²) in [5, 5.41) is 4.16. The van der Waals surface area contributed by atoms with Crippen LogP contribution in [-0.4, -0.2) is 16.5 Å². The van der Waals surface area contributed by atoms with E-state index in [1.165, 1.54) is 17.1 Å². The molecule has 4 nitrogen and oxygen atoms in total. The van der Waals surface area contributed by atoms with Gasteiger partial charge in [0.15, 0.2) is 0 Å². The van der Waals surface area contributed by atoms with Crippen LogP contribution in [0.25, 0.3) is 0 Å². The lowest BCUT2D eigenvalue weighted by Gasteiger charge is -2.12. The van der Waals surface area contributed by atoms with E-state index in [0.29, 0.717) is 0 Å². The van der Waals surface area contributed by atoms with Crippen molar-refractivity contribution in [3.05, 3.63) is 35.7 Å². The highest BCUT2D eigenvalue weighted by Crippen LogP contribution is 2.23. The van der Waals surface area contributed by atoms with E-state index in [0.717, 1.165) is 23.3 Å². The molecule has 0 saturated carbocycles. The van der Waals surface area contributed by atoms with Crippen LogP contribution in [0.1, 0.15) is 32.2 Å². The Morgan fingerprint density at radius 2 is 1.89 bits per heavy atom. The maximum atomic E-state index is 5.13. The van der Waals surface area contributed by atoms with Crippen molar-refractivity contribution in [2.24, 2.45) is 0 Å². The number of hydrogen-bond acceptors (Lipinski definition) is 5. The van der Waals surface area contributed by atoms with E-state index in [9.17, 15) is 0 Å². The number of rotatable bonds is 4. The summed E-state index contributed by atoms with van der Waals surface area (Å²) in [5.74, 6) is 1.75. The molecule has 0 unspecified atom stereocenters. The molecule has 102 valence electrons. The van der Waals surface area contributed by atoms with Gasteiger partial charge in [-0.3, -0.25) is 0 Å². The molecule has 1 aromatic carbocycles. The van der Waals surface area contributed by atoms with Crippen LogP contribution in [0.2, 0.25) is 0 Å². The van der Waals surface area contributed by atoms with Crippen LogP contribution in [0.15, 0.2) is 24.3 Å².